The van der Waals surface area contributed by atoms with Gasteiger partial charge in [0.25, 0.3) is 0 Å². The highest BCUT2D eigenvalue weighted by Gasteiger charge is 2.18. The Kier molecular flexibility index (Phi) is 3.89. The van der Waals surface area contributed by atoms with Gasteiger partial charge in [0.15, 0.2) is 5.78 Å². The van der Waals surface area contributed by atoms with Gasteiger partial charge in [-0.3, -0.25) is 4.79 Å². The van der Waals surface area contributed by atoms with Crippen LogP contribution in [0.15, 0.2) is 30.3 Å². The zero-order valence-electron chi connectivity index (χ0n) is 12.1. The van der Waals surface area contributed by atoms with E-state index in [4.69, 9.17) is 4.74 Å². The minimum Gasteiger partial charge on any atom is -0.496 e. The first-order valence-corrected chi connectivity index (χ1v) is 6.40. The lowest BCUT2D eigenvalue weighted by atomic mass is 9.97. The van der Waals surface area contributed by atoms with Crippen LogP contribution in [0.2, 0.25) is 0 Å². The highest BCUT2D eigenvalue weighted by Crippen LogP contribution is 2.28. The van der Waals surface area contributed by atoms with Crippen LogP contribution in [-0.4, -0.2) is 12.9 Å². The molecule has 0 amide bonds. The van der Waals surface area contributed by atoms with Crippen LogP contribution in [0, 0.1) is 26.6 Å². The summed E-state index contributed by atoms with van der Waals surface area (Å²) in [5, 5.41) is 0. The molecule has 0 aliphatic rings. The predicted octanol–water partition coefficient (Wildman–Crippen LogP) is 3.99. The molecule has 0 radical (unpaired) electrons. The number of aryl methyl sites for hydroxylation is 2. The molecule has 2 aromatic carbocycles. The Hall–Kier alpha value is -2.16. The highest BCUT2D eigenvalue weighted by molar-refractivity contribution is 6.11. The number of hydrogen-bond acceptors (Lipinski definition) is 2. The normalized spacial score (nSPS) is 10.4. The molecule has 0 aromatic heterocycles. The molecule has 0 heterocycles. The smallest absolute Gasteiger partial charge is 0.196 e. The molecule has 20 heavy (non-hydrogen) atoms. The van der Waals surface area contributed by atoms with Gasteiger partial charge in [-0.1, -0.05) is 6.07 Å². The monoisotopic (exact) mass is 272 g/mol. The van der Waals surface area contributed by atoms with Crippen molar-refractivity contribution >= 4 is 5.78 Å². The molecule has 2 rings (SSSR count). The second-order valence-electron chi connectivity index (χ2n) is 4.93. The Labute approximate surface area is 118 Å². The van der Waals surface area contributed by atoms with Crippen molar-refractivity contribution in [1.82, 2.24) is 0 Å². The van der Waals surface area contributed by atoms with Crippen LogP contribution in [0.1, 0.15) is 32.6 Å². The van der Waals surface area contributed by atoms with E-state index in [1.807, 2.05) is 19.9 Å². The summed E-state index contributed by atoms with van der Waals surface area (Å²) >= 11 is 0. The zero-order chi connectivity index (χ0) is 14.9. The molecule has 0 bridgehead atoms. The van der Waals surface area contributed by atoms with Crippen LogP contribution in [0.4, 0.5) is 4.39 Å². The maximum Gasteiger partial charge on any atom is 0.196 e. The van der Waals surface area contributed by atoms with Gasteiger partial charge in [0.2, 0.25) is 0 Å². The molecule has 104 valence electrons. The third-order valence-electron chi connectivity index (χ3n) is 3.43. The third kappa shape index (κ3) is 2.57. The SMILES string of the molecule is COc1c(C(=O)c2cc(C)cc(F)c2)ccc(C)c1C. The molecule has 0 N–H and O–H groups in total. The second kappa shape index (κ2) is 5.45. The molecule has 0 unspecified atom stereocenters. The molecule has 0 aliphatic carbocycles. The quantitative estimate of drug-likeness (QED) is 0.790. The van der Waals surface area contributed by atoms with Crippen molar-refractivity contribution in [2.24, 2.45) is 0 Å². The van der Waals surface area contributed by atoms with Gasteiger partial charge in [0.1, 0.15) is 11.6 Å². The molecule has 0 aliphatic heterocycles. The molecular formula is C17H17FO2. The summed E-state index contributed by atoms with van der Waals surface area (Å²) in [4.78, 5) is 12.5. The summed E-state index contributed by atoms with van der Waals surface area (Å²) in [6, 6.07) is 7.93. The first-order chi connectivity index (χ1) is 9.43. The van der Waals surface area contributed by atoms with Gasteiger partial charge in [0, 0.05) is 5.56 Å². The van der Waals surface area contributed by atoms with Crippen molar-refractivity contribution in [3.05, 3.63) is 64.0 Å². The Bertz CT molecular complexity index is 655. The summed E-state index contributed by atoms with van der Waals surface area (Å²) in [6.45, 7) is 5.62. The number of benzene rings is 2. The number of halogens is 1. The Morgan fingerprint density at radius 3 is 2.40 bits per heavy atom. The number of carbonyl (C=O) groups is 1. The molecule has 0 saturated heterocycles. The van der Waals surface area contributed by atoms with Crippen molar-refractivity contribution in [2.45, 2.75) is 20.8 Å². The maximum atomic E-state index is 13.4. The minimum absolute atomic E-state index is 0.229. The maximum absolute atomic E-state index is 13.4. The van der Waals surface area contributed by atoms with E-state index in [0.717, 1.165) is 16.7 Å². The minimum atomic E-state index is -0.406. The standard InChI is InChI=1S/C17H17FO2/c1-10-7-13(9-14(18)8-10)16(19)15-6-5-11(2)12(3)17(15)20-4/h5-9H,1-4H3. The van der Waals surface area contributed by atoms with E-state index in [-0.39, 0.29) is 5.78 Å². The number of ketones is 1. The van der Waals surface area contributed by atoms with Gasteiger partial charge >= 0.3 is 0 Å². The van der Waals surface area contributed by atoms with Crippen LogP contribution >= 0.6 is 0 Å². The van der Waals surface area contributed by atoms with E-state index in [9.17, 15) is 9.18 Å². The number of methoxy groups -OCH3 is 1. The lowest BCUT2D eigenvalue weighted by Gasteiger charge is -2.13. The van der Waals surface area contributed by atoms with E-state index < -0.39 is 5.82 Å². The zero-order valence-corrected chi connectivity index (χ0v) is 12.1. The topological polar surface area (TPSA) is 26.3 Å². The molecule has 2 nitrogen and oxygen atoms in total. The predicted molar refractivity (Wildman–Crippen MR) is 77.0 cm³/mol. The van der Waals surface area contributed by atoms with E-state index in [2.05, 4.69) is 0 Å². The van der Waals surface area contributed by atoms with Crippen molar-refractivity contribution in [3.8, 4) is 5.75 Å². The number of carbonyl (C=O) groups excluding carboxylic acids is 1. The van der Waals surface area contributed by atoms with E-state index in [0.29, 0.717) is 16.9 Å². The molecule has 3 heteroatoms. The molecule has 0 saturated carbocycles. The number of ether oxygens (including phenoxy) is 1. The first-order valence-electron chi connectivity index (χ1n) is 6.40. The third-order valence-corrected chi connectivity index (χ3v) is 3.43. The summed E-state index contributed by atoms with van der Waals surface area (Å²) in [7, 11) is 1.54. The van der Waals surface area contributed by atoms with Crippen LogP contribution in [-0.2, 0) is 0 Å². The van der Waals surface area contributed by atoms with Crippen LogP contribution in [0.25, 0.3) is 0 Å². The molecular weight excluding hydrogens is 255 g/mol. The fraction of sp³-hybridized carbons (Fsp3) is 0.235. The summed E-state index contributed by atoms with van der Waals surface area (Å²) < 4.78 is 18.8. The van der Waals surface area contributed by atoms with Crippen molar-refractivity contribution in [3.63, 3.8) is 0 Å². The van der Waals surface area contributed by atoms with E-state index in [1.54, 1.807) is 19.1 Å². The van der Waals surface area contributed by atoms with E-state index in [1.165, 1.54) is 19.2 Å². The molecule has 0 fully saturated rings. The van der Waals surface area contributed by atoms with Gasteiger partial charge < -0.3 is 4.74 Å². The second-order valence-corrected chi connectivity index (χ2v) is 4.93. The van der Waals surface area contributed by atoms with Crippen LogP contribution in [0.5, 0.6) is 5.75 Å². The van der Waals surface area contributed by atoms with Crippen LogP contribution < -0.4 is 4.74 Å². The number of hydrogen-bond donors (Lipinski definition) is 0. The van der Waals surface area contributed by atoms with Gasteiger partial charge in [-0.15, -0.1) is 0 Å². The number of rotatable bonds is 3. The molecule has 2 aromatic rings. The van der Waals surface area contributed by atoms with Crippen LogP contribution in [0.3, 0.4) is 0 Å². The Morgan fingerprint density at radius 1 is 1.10 bits per heavy atom. The average molecular weight is 272 g/mol. The van der Waals surface area contributed by atoms with Gasteiger partial charge in [-0.2, -0.15) is 0 Å². The van der Waals surface area contributed by atoms with E-state index >= 15 is 0 Å². The van der Waals surface area contributed by atoms with Gasteiger partial charge in [-0.25, -0.2) is 4.39 Å². The Balaban J connectivity index is 2.56. The largest absolute Gasteiger partial charge is 0.496 e. The summed E-state index contributed by atoms with van der Waals surface area (Å²) in [5.74, 6) is -0.0828. The van der Waals surface area contributed by atoms with Crippen molar-refractivity contribution < 1.29 is 13.9 Å². The highest BCUT2D eigenvalue weighted by atomic mass is 19.1. The lowest BCUT2D eigenvalue weighted by molar-refractivity contribution is 0.103. The summed E-state index contributed by atoms with van der Waals surface area (Å²) in [6.07, 6.45) is 0. The van der Waals surface area contributed by atoms with Crippen molar-refractivity contribution in [2.75, 3.05) is 7.11 Å². The molecule has 0 spiro atoms. The summed E-state index contributed by atoms with van der Waals surface area (Å²) in [5.41, 5.74) is 3.49. The fourth-order valence-electron chi connectivity index (χ4n) is 2.25. The van der Waals surface area contributed by atoms with Gasteiger partial charge in [-0.05, 0) is 61.7 Å². The first kappa shape index (κ1) is 14.3. The lowest BCUT2D eigenvalue weighted by Crippen LogP contribution is -2.06. The van der Waals surface area contributed by atoms with Gasteiger partial charge in [0.05, 0.1) is 12.7 Å². The molecule has 0 atom stereocenters. The fourth-order valence-corrected chi connectivity index (χ4v) is 2.25. The van der Waals surface area contributed by atoms with Crippen molar-refractivity contribution in [1.29, 1.82) is 0 Å². The Morgan fingerprint density at radius 2 is 1.80 bits per heavy atom. The average Bonchev–Trinajstić information content (AvgIpc) is 2.39.